The van der Waals surface area contributed by atoms with Gasteiger partial charge in [-0.3, -0.25) is 4.79 Å². The van der Waals surface area contributed by atoms with Crippen molar-refractivity contribution in [2.45, 2.75) is 31.3 Å². The van der Waals surface area contributed by atoms with E-state index >= 15 is 0 Å². The molecule has 200 valence electrons. The Morgan fingerprint density at radius 3 is 2.87 bits per heavy atom. The fraction of sp³-hybridized carbons (Fsp3) is 0.444. The highest BCUT2D eigenvalue weighted by Gasteiger charge is 2.33. The van der Waals surface area contributed by atoms with Gasteiger partial charge >= 0.3 is 0 Å². The predicted molar refractivity (Wildman–Crippen MR) is 143 cm³/mol. The van der Waals surface area contributed by atoms with Crippen molar-refractivity contribution in [3.8, 4) is 5.75 Å². The van der Waals surface area contributed by atoms with Crippen LogP contribution in [0, 0.1) is 5.82 Å². The standard InChI is InChI=1S/C27H33FN8O2/c1-17-14-33(2)26-13-24(34-15-19(29)16-34)31-25-12-21(32-36(25)26)22-5-3-4-9-35(22)27(37)20-11-18(28)6-7-23(20)38-10-8-30-17/h6-7,11-13,19,22,30H,1,3-5,8-10,14-16,29H2,2H3. The number of nitrogens with one attached hydrogen (secondary N) is 1. The molecule has 3 aliphatic heterocycles. The van der Waals surface area contributed by atoms with Crippen LogP contribution in [0.2, 0.25) is 0 Å². The fourth-order valence-corrected chi connectivity index (χ4v) is 5.50. The van der Waals surface area contributed by atoms with Crippen molar-refractivity contribution in [3.05, 3.63) is 59.7 Å². The average molecular weight is 521 g/mol. The van der Waals surface area contributed by atoms with E-state index in [9.17, 15) is 9.18 Å². The number of hydrogen-bond acceptors (Lipinski definition) is 8. The van der Waals surface area contributed by atoms with Gasteiger partial charge in [-0.1, -0.05) is 6.58 Å². The summed E-state index contributed by atoms with van der Waals surface area (Å²) in [5, 5.41) is 8.26. The molecule has 6 rings (SSSR count). The zero-order chi connectivity index (χ0) is 26.4. The monoisotopic (exact) mass is 520 g/mol. The van der Waals surface area contributed by atoms with Gasteiger partial charge < -0.3 is 30.5 Å². The van der Waals surface area contributed by atoms with E-state index in [0.717, 1.165) is 55.4 Å². The quantitative estimate of drug-likeness (QED) is 0.504. The van der Waals surface area contributed by atoms with Crippen LogP contribution in [0.4, 0.5) is 16.0 Å². The normalized spacial score (nSPS) is 21.1. The maximum Gasteiger partial charge on any atom is 0.258 e. The molecule has 3 aliphatic rings. The first-order valence-electron chi connectivity index (χ1n) is 13.1. The summed E-state index contributed by atoms with van der Waals surface area (Å²) >= 11 is 0. The highest BCUT2D eigenvalue weighted by molar-refractivity contribution is 5.97. The number of carbonyl (C=O) groups excluding carboxylic acids is 1. The topological polar surface area (TPSA) is 104 Å². The van der Waals surface area contributed by atoms with E-state index in [1.807, 2.05) is 23.7 Å². The van der Waals surface area contributed by atoms with E-state index in [0.29, 0.717) is 37.6 Å². The predicted octanol–water partition coefficient (Wildman–Crippen LogP) is 2.31. The van der Waals surface area contributed by atoms with Crippen LogP contribution < -0.4 is 25.6 Å². The van der Waals surface area contributed by atoms with Crippen molar-refractivity contribution in [2.75, 3.05) is 56.2 Å². The Kier molecular flexibility index (Phi) is 6.30. The first-order chi connectivity index (χ1) is 18.4. The van der Waals surface area contributed by atoms with Gasteiger partial charge in [-0.05, 0) is 37.5 Å². The number of nitrogens with zero attached hydrogens (tertiary/aromatic N) is 6. The Balaban J connectivity index is 1.46. The maximum absolute atomic E-state index is 14.3. The summed E-state index contributed by atoms with van der Waals surface area (Å²) in [5.41, 5.74) is 8.55. The van der Waals surface area contributed by atoms with E-state index in [2.05, 4.69) is 21.7 Å². The first kappa shape index (κ1) is 24.5. The summed E-state index contributed by atoms with van der Waals surface area (Å²) in [5.74, 6) is 1.35. The van der Waals surface area contributed by atoms with Crippen molar-refractivity contribution >= 4 is 23.2 Å². The molecule has 3 aromatic rings. The number of likely N-dealkylation sites (N-methyl/N-ethyl adjacent to an activating group) is 1. The number of rotatable bonds is 1. The number of anilines is 2. The molecule has 0 saturated carbocycles. The Hall–Kier alpha value is -3.86. The molecule has 3 N–H and O–H groups in total. The number of carbonyl (C=O) groups is 1. The lowest BCUT2D eigenvalue weighted by atomic mass is 9.98. The van der Waals surface area contributed by atoms with Gasteiger partial charge in [-0.2, -0.15) is 9.61 Å². The minimum absolute atomic E-state index is 0.143. The van der Waals surface area contributed by atoms with Gasteiger partial charge in [-0.15, -0.1) is 0 Å². The molecule has 11 heteroatoms. The molecular formula is C27H33FN8O2. The number of hydrogen-bond donors (Lipinski definition) is 2. The van der Waals surface area contributed by atoms with Gasteiger partial charge in [0.25, 0.3) is 5.91 Å². The fourth-order valence-electron chi connectivity index (χ4n) is 5.50. The van der Waals surface area contributed by atoms with Gasteiger partial charge in [0.05, 0.1) is 23.8 Å². The van der Waals surface area contributed by atoms with Gasteiger partial charge in [-0.25, -0.2) is 9.37 Å². The summed E-state index contributed by atoms with van der Waals surface area (Å²) in [6.45, 7) is 7.57. The maximum atomic E-state index is 14.3. The number of aromatic nitrogens is 3. The number of fused-ring (bicyclic) bond motifs is 4. The molecule has 2 aromatic heterocycles. The summed E-state index contributed by atoms with van der Waals surface area (Å²) in [4.78, 5) is 24.8. The van der Waals surface area contributed by atoms with Crippen LogP contribution in [0.1, 0.15) is 41.4 Å². The highest BCUT2D eigenvalue weighted by Crippen LogP contribution is 2.35. The number of piperidine rings is 1. The minimum Gasteiger partial charge on any atom is -0.491 e. The smallest absolute Gasteiger partial charge is 0.258 e. The lowest BCUT2D eigenvalue weighted by Gasteiger charge is -2.38. The Morgan fingerprint density at radius 2 is 2.05 bits per heavy atom. The van der Waals surface area contributed by atoms with Crippen molar-refractivity contribution in [2.24, 2.45) is 5.73 Å². The number of ether oxygens (including phenoxy) is 1. The molecule has 38 heavy (non-hydrogen) atoms. The van der Waals surface area contributed by atoms with Gasteiger partial charge in [0.15, 0.2) is 5.65 Å². The van der Waals surface area contributed by atoms with Crippen LogP contribution in [0.15, 0.2) is 42.6 Å². The second kappa shape index (κ2) is 9.79. The lowest BCUT2D eigenvalue weighted by molar-refractivity contribution is 0.0601. The summed E-state index contributed by atoms with van der Waals surface area (Å²) in [6.07, 6.45) is 2.61. The molecular weight excluding hydrogens is 487 g/mol. The van der Waals surface area contributed by atoms with Crippen molar-refractivity contribution in [1.82, 2.24) is 24.8 Å². The molecule has 1 unspecified atom stereocenters. The largest absolute Gasteiger partial charge is 0.491 e. The number of halogens is 1. The minimum atomic E-state index is -0.474. The number of nitrogens with two attached hydrogens (primary N) is 1. The van der Waals surface area contributed by atoms with Crippen LogP contribution in [0.3, 0.4) is 0 Å². The third kappa shape index (κ3) is 4.51. The summed E-state index contributed by atoms with van der Waals surface area (Å²) < 4.78 is 22.1. The molecule has 1 amide bonds. The third-order valence-electron chi connectivity index (χ3n) is 7.48. The molecule has 2 fully saturated rings. The van der Waals surface area contributed by atoms with Crippen LogP contribution in [-0.4, -0.2) is 77.8 Å². The van der Waals surface area contributed by atoms with E-state index in [4.69, 9.17) is 20.6 Å². The molecule has 0 radical (unpaired) electrons. The van der Waals surface area contributed by atoms with Crippen LogP contribution in [-0.2, 0) is 0 Å². The molecule has 1 atom stereocenters. The van der Waals surface area contributed by atoms with Crippen molar-refractivity contribution in [3.63, 3.8) is 0 Å². The van der Waals surface area contributed by atoms with Crippen LogP contribution >= 0.6 is 0 Å². The van der Waals surface area contributed by atoms with Crippen molar-refractivity contribution in [1.29, 1.82) is 0 Å². The Labute approximate surface area is 220 Å². The van der Waals surface area contributed by atoms with Gasteiger partial charge in [0, 0.05) is 57.1 Å². The van der Waals surface area contributed by atoms with E-state index in [1.165, 1.54) is 18.2 Å². The van der Waals surface area contributed by atoms with E-state index in [1.54, 1.807) is 4.90 Å². The van der Waals surface area contributed by atoms with Gasteiger partial charge in [0.2, 0.25) is 0 Å². The highest BCUT2D eigenvalue weighted by atomic mass is 19.1. The van der Waals surface area contributed by atoms with Crippen LogP contribution in [0.25, 0.3) is 5.65 Å². The first-order valence-corrected chi connectivity index (χ1v) is 13.1. The molecule has 1 aromatic carbocycles. The van der Waals surface area contributed by atoms with E-state index in [-0.39, 0.29) is 23.6 Å². The Bertz CT molecular complexity index is 1380. The summed E-state index contributed by atoms with van der Waals surface area (Å²) in [7, 11) is 2.00. The average Bonchev–Trinajstić information content (AvgIpc) is 3.32. The zero-order valence-electron chi connectivity index (χ0n) is 21.6. The number of benzene rings is 1. The Morgan fingerprint density at radius 1 is 1.21 bits per heavy atom. The summed E-state index contributed by atoms with van der Waals surface area (Å²) in [6, 6.07) is 7.99. The zero-order valence-corrected chi connectivity index (χ0v) is 21.6. The molecule has 5 heterocycles. The molecule has 0 aliphatic carbocycles. The molecule has 0 spiro atoms. The second-order valence-corrected chi connectivity index (χ2v) is 10.4. The lowest BCUT2D eigenvalue weighted by Crippen LogP contribution is -2.56. The molecule has 10 nitrogen and oxygen atoms in total. The molecule has 2 saturated heterocycles. The van der Waals surface area contributed by atoms with Gasteiger partial charge in [0.1, 0.15) is 29.8 Å². The van der Waals surface area contributed by atoms with E-state index < -0.39 is 5.82 Å². The third-order valence-corrected chi connectivity index (χ3v) is 7.48. The SMILES string of the molecule is C=C1CN(C)c2cc(N3CC(N)C3)nc3cc(nn23)C2CCCCN2C(=O)c2cc(F)ccc2OCCN1. The second-order valence-electron chi connectivity index (χ2n) is 10.4. The van der Waals surface area contributed by atoms with Crippen LogP contribution in [0.5, 0.6) is 5.75 Å². The van der Waals surface area contributed by atoms with Crippen molar-refractivity contribution < 1.29 is 13.9 Å². The number of amides is 1. The molecule has 2 bridgehead atoms.